The SMILES string of the molecule is [CH2]CCCOC(=O)O/C=C\C. The van der Waals surface area contributed by atoms with E-state index in [1.54, 1.807) is 13.0 Å². The second-order valence-electron chi connectivity index (χ2n) is 1.89. The Bertz CT molecular complexity index is 129. The summed E-state index contributed by atoms with van der Waals surface area (Å²) < 4.78 is 9.11. The highest BCUT2D eigenvalue weighted by Gasteiger charge is 1.98. The number of unbranched alkanes of at least 4 members (excludes halogenated alkanes) is 1. The first-order valence-corrected chi connectivity index (χ1v) is 3.55. The van der Waals surface area contributed by atoms with Crippen LogP contribution >= 0.6 is 0 Å². The van der Waals surface area contributed by atoms with E-state index in [0.29, 0.717) is 6.61 Å². The van der Waals surface area contributed by atoms with Gasteiger partial charge in [0.15, 0.2) is 0 Å². The van der Waals surface area contributed by atoms with Crippen LogP contribution in [-0.2, 0) is 9.47 Å². The largest absolute Gasteiger partial charge is 0.513 e. The number of carbonyl (C=O) groups is 1. The molecule has 0 N–H and O–H groups in total. The van der Waals surface area contributed by atoms with Crippen LogP contribution in [0.5, 0.6) is 0 Å². The molecule has 3 nitrogen and oxygen atoms in total. The predicted molar refractivity (Wildman–Crippen MR) is 41.8 cm³/mol. The quantitative estimate of drug-likeness (QED) is 0.357. The Hall–Kier alpha value is -0.990. The van der Waals surface area contributed by atoms with Gasteiger partial charge in [0.25, 0.3) is 0 Å². The van der Waals surface area contributed by atoms with E-state index in [9.17, 15) is 4.79 Å². The maximum Gasteiger partial charge on any atom is 0.513 e. The van der Waals surface area contributed by atoms with Crippen LogP contribution in [0.2, 0.25) is 0 Å². The fourth-order valence-electron chi connectivity index (χ4n) is 0.415. The molecule has 0 rings (SSSR count). The predicted octanol–water partition coefficient (Wildman–Crippen LogP) is 2.29. The Morgan fingerprint density at radius 1 is 1.64 bits per heavy atom. The van der Waals surface area contributed by atoms with Gasteiger partial charge in [0.1, 0.15) is 0 Å². The van der Waals surface area contributed by atoms with Gasteiger partial charge in [0.05, 0.1) is 12.9 Å². The zero-order valence-corrected chi connectivity index (χ0v) is 6.71. The highest BCUT2D eigenvalue weighted by atomic mass is 16.7. The molecule has 0 aromatic carbocycles. The van der Waals surface area contributed by atoms with Crippen LogP contribution in [-0.4, -0.2) is 12.8 Å². The maximum atomic E-state index is 10.6. The minimum atomic E-state index is -0.656. The minimum absolute atomic E-state index is 0.375. The van der Waals surface area contributed by atoms with Crippen molar-refractivity contribution in [2.75, 3.05) is 6.61 Å². The van der Waals surface area contributed by atoms with E-state index < -0.39 is 6.16 Å². The van der Waals surface area contributed by atoms with Gasteiger partial charge >= 0.3 is 6.16 Å². The zero-order valence-electron chi connectivity index (χ0n) is 6.71. The molecule has 3 heteroatoms. The highest BCUT2D eigenvalue weighted by Crippen LogP contribution is 1.91. The third-order valence-electron chi connectivity index (χ3n) is 0.915. The van der Waals surface area contributed by atoms with Crippen LogP contribution in [0.25, 0.3) is 0 Å². The van der Waals surface area contributed by atoms with Gasteiger partial charge < -0.3 is 9.47 Å². The molecule has 11 heavy (non-hydrogen) atoms. The second kappa shape index (κ2) is 7.12. The van der Waals surface area contributed by atoms with Crippen LogP contribution in [0.3, 0.4) is 0 Å². The van der Waals surface area contributed by atoms with Gasteiger partial charge in [-0.2, -0.15) is 0 Å². The van der Waals surface area contributed by atoms with Gasteiger partial charge in [-0.25, -0.2) is 4.79 Å². The van der Waals surface area contributed by atoms with Crippen molar-refractivity contribution in [3.8, 4) is 0 Å². The van der Waals surface area contributed by atoms with Crippen molar-refractivity contribution >= 4 is 6.16 Å². The first-order chi connectivity index (χ1) is 5.31. The summed E-state index contributed by atoms with van der Waals surface area (Å²) in [7, 11) is 0. The number of hydrogen-bond donors (Lipinski definition) is 0. The van der Waals surface area contributed by atoms with Crippen LogP contribution in [0, 0.1) is 6.92 Å². The molecule has 0 aromatic heterocycles. The van der Waals surface area contributed by atoms with E-state index in [1.807, 2.05) is 0 Å². The van der Waals surface area contributed by atoms with E-state index in [1.165, 1.54) is 6.26 Å². The van der Waals surface area contributed by atoms with Crippen molar-refractivity contribution in [2.24, 2.45) is 0 Å². The first-order valence-electron chi connectivity index (χ1n) is 3.55. The lowest BCUT2D eigenvalue weighted by molar-refractivity contribution is 0.0839. The summed E-state index contributed by atoms with van der Waals surface area (Å²) in [4.78, 5) is 10.6. The molecule has 0 aliphatic carbocycles. The lowest BCUT2D eigenvalue weighted by Gasteiger charge is -2.00. The molecule has 0 aromatic rings. The summed E-state index contributed by atoms with van der Waals surface area (Å²) in [5, 5.41) is 0. The number of allylic oxidation sites excluding steroid dienone is 1. The molecule has 0 atom stereocenters. The number of hydrogen-bond acceptors (Lipinski definition) is 3. The standard InChI is InChI=1S/C8H13O3/c1-3-5-7-11-8(9)10-6-4-2/h4,6H,1,3,5,7H2,2H3/b6-4-. The molecule has 63 valence electrons. The van der Waals surface area contributed by atoms with Crippen molar-refractivity contribution in [1.82, 2.24) is 0 Å². The fraction of sp³-hybridized carbons (Fsp3) is 0.500. The molecule has 0 saturated carbocycles. The monoisotopic (exact) mass is 157 g/mol. The van der Waals surface area contributed by atoms with E-state index in [2.05, 4.69) is 16.4 Å². The third kappa shape index (κ3) is 6.90. The van der Waals surface area contributed by atoms with Crippen LogP contribution in [0.4, 0.5) is 4.79 Å². The molecular formula is C8H13O3. The summed E-state index contributed by atoms with van der Waals surface area (Å²) in [6.07, 6.45) is 3.77. The molecule has 0 fully saturated rings. The lowest BCUT2D eigenvalue weighted by Crippen LogP contribution is -2.04. The van der Waals surface area contributed by atoms with Gasteiger partial charge in [-0.15, -0.1) is 0 Å². The summed E-state index contributed by atoms with van der Waals surface area (Å²) in [6.45, 7) is 5.73. The molecular weight excluding hydrogens is 144 g/mol. The van der Waals surface area contributed by atoms with Gasteiger partial charge in [-0.3, -0.25) is 0 Å². The van der Waals surface area contributed by atoms with Crippen molar-refractivity contribution in [2.45, 2.75) is 19.8 Å². The first kappa shape index (κ1) is 10.0. The number of rotatable bonds is 4. The third-order valence-corrected chi connectivity index (χ3v) is 0.915. The fourth-order valence-corrected chi connectivity index (χ4v) is 0.415. The van der Waals surface area contributed by atoms with E-state index in [-0.39, 0.29) is 0 Å². The normalized spacial score (nSPS) is 10.0. The van der Waals surface area contributed by atoms with Gasteiger partial charge in [-0.1, -0.05) is 19.4 Å². The topological polar surface area (TPSA) is 35.5 Å². The van der Waals surface area contributed by atoms with Crippen molar-refractivity contribution in [3.05, 3.63) is 19.3 Å². The average molecular weight is 157 g/mol. The summed E-state index contributed by atoms with van der Waals surface area (Å²) in [5.74, 6) is 0. The summed E-state index contributed by atoms with van der Waals surface area (Å²) in [5.41, 5.74) is 0. The van der Waals surface area contributed by atoms with Gasteiger partial charge in [0.2, 0.25) is 0 Å². The van der Waals surface area contributed by atoms with Gasteiger partial charge in [0, 0.05) is 0 Å². The molecule has 0 spiro atoms. The van der Waals surface area contributed by atoms with Gasteiger partial charge in [-0.05, 0) is 13.3 Å². The van der Waals surface area contributed by atoms with E-state index in [0.717, 1.165) is 12.8 Å². The van der Waals surface area contributed by atoms with E-state index >= 15 is 0 Å². The Labute approximate surface area is 67.0 Å². The Morgan fingerprint density at radius 3 is 2.91 bits per heavy atom. The zero-order chi connectivity index (χ0) is 8.53. The van der Waals surface area contributed by atoms with Crippen LogP contribution in [0.1, 0.15) is 19.8 Å². The van der Waals surface area contributed by atoms with E-state index in [4.69, 9.17) is 0 Å². The minimum Gasteiger partial charge on any atom is -0.434 e. The molecule has 1 radical (unpaired) electrons. The Kier molecular flexibility index (Phi) is 6.48. The average Bonchev–Trinajstić information content (AvgIpc) is 2.01. The molecule has 0 aliphatic heterocycles. The Balaban J connectivity index is 3.23. The van der Waals surface area contributed by atoms with Crippen molar-refractivity contribution < 1.29 is 14.3 Å². The lowest BCUT2D eigenvalue weighted by atomic mass is 10.4. The summed E-state index contributed by atoms with van der Waals surface area (Å²) in [6, 6.07) is 0. The molecule has 0 unspecified atom stereocenters. The smallest absolute Gasteiger partial charge is 0.434 e. The highest BCUT2D eigenvalue weighted by molar-refractivity contribution is 5.60. The summed E-state index contributed by atoms with van der Waals surface area (Å²) >= 11 is 0. The second-order valence-corrected chi connectivity index (χ2v) is 1.89. The van der Waals surface area contributed by atoms with Crippen molar-refractivity contribution in [3.63, 3.8) is 0 Å². The molecule has 0 saturated heterocycles. The van der Waals surface area contributed by atoms with Crippen LogP contribution < -0.4 is 0 Å². The molecule has 0 aliphatic rings. The Morgan fingerprint density at radius 2 is 2.36 bits per heavy atom. The van der Waals surface area contributed by atoms with Crippen molar-refractivity contribution in [1.29, 1.82) is 0 Å². The van der Waals surface area contributed by atoms with Crippen LogP contribution in [0.15, 0.2) is 12.3 Å². The maximum absolute atomic E-state index is 10.6. The molecule has 0 amide bonds. The number of carbonyl (C=O) groups excluding carboxylic acids is 1. The number of ether oxygens (including phenoxy) is 2. The molecule has 0 heterocycles. The molecule has 0 bridgehead atoms.